The van der Waals surface area contributed by atoms with Crippen LogP contribution in [0.1, 0.15) is 18.4 Å². The third-order valence-electron chi connectivity index (χ3n) is 3.26. The summed E-state index contributed by atoms with van der Waals surface area (Å²) in [5.74, 6) is 2.34. The quantitative estimate of drug-likeness (QED) is 0.843. The van der Waals surface area contributed by atoms with Crippen molar-refractivity contribution in [1.82, 2.24) is 14.5 Å². The van der Waals surface area contributed by atoms with Crippen molar-refractivity contribution in [3.63, 3.8) is 0 Å². The first-order chi connectivity index (χ1) is 8.59. The van der Waals surface area contributed by atoms with Crippen LogP contribution < -0.4 is 16.6 Å². The zero-order chi connectivity index (χ0) is 13.1. The molecular weight excluding hydrogens is 250 g/mol. The van der Waals surface area contributed by atoms with Gasteiger partial charge in [0.2, 0.25) is 0 Å². The van der Waals surface area contributed by atoms with E-state index in [4.69, 9.17) is 0 Å². The SMILES string of the molecule is Cn1cc(CNC2CCCSC2)c(=O)n(C)c1=O. The lowest BCUT2D eigenvalue weighted by molar-refractivity contribution is 0.501. The first kappa shape index (κ1) is 13.4. The maximum absolute atomic E-state index is 11.9. The second-order valence-corrected chi connectivity index (χ2v) is 5.86. The molecule has 6 heteroatoms. The molecule has 0 spiro atoms. The van der Waals surface area contributed by atoms with Gasteiger partial charge >= 0.3 is 5.69 Å². The number of hydrogen-bond donors (Lipinski definition) is 1. The first-order valence-electron chi connectivity index (χ1n) is 6.16. The maximum atomic E-state index is 11.9. The van der Waals surface area contributed by atoms with Gasteiger partial charge in [0.25, 0.3) is 5.56 Å². The number of aromatic nitrogens is 2. The molecule has 1 N–H and O–H groups in total. The molecule has 1 aliphatic rings. The predicted molar refractivity (Wildman–Crippen MR) is 74.1 cm³/mol. The van der Waals surface area contributed by atoms with Gasteiger partial charge in [-0.25, -0.2) is 4.79 Å². The molecule has 5 nitrogen and oxygen atoms in total. The molecule has 2 rings (SSSR count). The van der Waals surface area contributed by atoms with Gasteiger partial charge in [0.15, 0.2) is 0 Å². The Morgan fingerprint density at radius 3 is 2.89 bits per heavy atom. The Balaban J connectivity index is 2.10. The molecule has 1 atom stereocenters. The highest BCUT2D eigenvalue weighted by Crippen LogP contribution is 2.16. The van der Waals surface area contributed by atoms with Crippen molar-refractivity contribution in [3.05, 3.63) is 32.6 Å². The zero-order valence-corrected chi connectivity index (χ0v) is 11.6. The van der Waals surface area contributed by atoms with Gasteiger partial charge < -0.3 is 9.88 Å². The van der Waals surface area contributed by atoms with E-state index in [1.165, 1.54) is 30.2 Å². The fraction of sp³-hybridized carbons (Fsp3) is 0.667. The fourth-order valence-electron chi connectivity index (χ4n) is 2.16. The summed E-state index contributed by atoms with van der Waals surface area (Å²) < 4.78 is 2.61. The summed E-state index contributed by atoms with van der Waals surface area (Å²) in [5, 5.41) is 3.40. The zero-order valence-electron chi connectivity index (χ0n) is 10.8. The molecule has 1 saturated heterocycles. The number of aryl methyl sites for hydroxylation is 1. The topological polar surface area (TPSA) is 56.0 Å². The van der Waals surface area contributed by atoms with Crippen LogP contribution in [0.2, 0.25) is 0 Å². The largest absolute Gasteiger partial charge is 0.330 e. The number of nitrogens with zero attached hydrogens (tertiary/aromatic N) is 2. The predicted octanol–water partition coefficient (Wildman–Crippen LogP) is 0.0692. The van der Waals surface area contributed by atoms with Crippen LogP contribution in [0.25, 0.3) is 0 Å². The standard InChI is InChI=1S/C12H19N3O2S/c1-14-7-9(11(16)15(2)12(14)17)6-13-10-4-3-5-18-8-10/h7,10,13H,3-6,8H2,1-2H3. The van der Waals surface area contributed by atoms with E-state index >= 15 is 0 Å². The van der Waals surface area contributed by atoms with E-state index < -0.39 is 0 Å². The van der Waals surface area contributed by atoms with E-state index in [0.29, 0.717) is 18.2 Å². The average Bonchev–Trinajstić information content (AvgIpc) is 2.40. The van der Waals surface area contributed by atoms with Crippen LogP contribution >= 0.6 is 11.8 Å². The van der Waals surface area contributed by atoms with Gasteiger partial charge in [-0.15, -0.1) is 0 Å². The number of nitrogens with one attached hydrogen (secondary N) is 1. The Hall–Kier alpha value is -1.01. The van der Waals surface area contributed by atoms with Gasteiger partial charge in [0.1, 0.15) is 0 Å². The van der Waals surface area contributed by atoms with Crippen molar-refractivity contribution in [2.45, 2.75) is 25.4 Å². The third kappa shape index (κ3) is 2.87. The van der Waals surface area contributed by atoms with Crippen LogP contribution in [0.15, 0.2) is 15.8 Å². The van der Waals surface area contributed by atoms with Gasteiger partial charge in [0, 0.05) is 44.2 Å². The van der Waals surface area contributed by atoms with E-state index in [1.54, 1.807) is 13.2 Å². The molecule has 0 radical (unpaired) electrons. The number of hydrogen-bond acceptors (Lipinski definition) is 4. The molecule has 100 valence electrons. The summed E-state index contributed by atoms with van der Waals surface area (Å²) in [6.07, 6.45) is 4.03. The van der Waals surface area contributed by atoms with E-state index in [1.807, 2.05) is 11.8 Å². The highest BCUT2D eigenvalue weighted by molar-refractivity contribution is 7.99. The Bertz CT molecular complexity index is 529. The van der Waals surface area contributed by atoms with Crippen molar-refractivity contribution < 1.29 is 0 Å². The van der Waals surface area contributed by atoms with Crippen LogP contribution in [0, 0.1) is 0 Å². The number of rotatable bonds is 3. The van der Waals surface area contributed by atoms with Crippen molar-refractivity contribution in [3.8, 4) is 0 Å². The fourth-order valence-corrected chi connectivity index (χ4v) is 3.27. The van der Waals surface area contributed by atoms with Crippen molar-refractivity contribution >= 4 is 11.8 Å². The monoisotopic (exact) mass is 269 g/mol. The third-order valence-corrected chi connectivity index (χ3v) is 4.47. The molecule has 2 heterocycles. The van der Waals surface area contributed by atoms with Crippen LogP contribution in [0.5, 0.6) is 0 Å². The highest BCUT2D eigenvalue weighted by Gasteiger charge is 2.14. The van der Waals surface area contributed by atoms with Crippen LogP contribution in [0.3, 0.4) is 0 Å². The molecule has 1 aliphatic heterocycles. The minimum atomic E-state index is -0.281. The summed E-state index contributed by atoms with van der Waals surface area (Å²) in [7, 11) is 3.19. The van der Waals surface area contributed by atoms with Crippen LogP contribution in [-0.2, 0) is 20.6 Å². The summed E-state index contributed by atoms with van der Waals surface area (Å²) in [4.78, 5) is 23.5. The molecule has 0 saturated carbocycles. The molecule has 1 aromatic heterocycles. The molecule has 0 bridgehead atoms. The summed E-state index contributed by atoms with van der Waals surface area (Å²) in [5.41, 5.74) is 0.168. The van der Waals surface area contributed by atoms with Gasteiger partial charge in [-0.05, 0) is 18.6 Å². The lowest BCUT2D eigenvalue weighted by atomic mass is 10.2. The van der Waals surface area contributed by atoms with Gasteiger partial charge in [0.05, 0.1) is 0 Å². The average molecular weight is 269 g/mol. The van der Waals surface area contributed by atoms with E-state index in [-0.39, 0.29) is 11.2 Å². The van der Waals surface area contributed by atoms with E-state index in [2.05, 4.69) is 5.32 Å². The van der Waals surface area contributed by atoms with Crippen molar-refractivity contribution in [2.24, 2.45) is 14.1 Å². The second-order valence-electron chi connectivity index (χ2n) is 4.71. The minimum Gasteiger partial charge on any atom is -0.309 e. The summed E-state index contributed by atoms with van der Waals surface area (Å²) in [6.45, 7) is 0.534. The number of thioether (sulfide) groups is 1. The smallest absolute Gasteiger partial charge is 0.309 e. The van der Waals surface area contributed by atoms with Gasteiger partial charge in [-0.1, -0.05) is 0 Å². The molecule has 0 aliphatic carbocycles. The Morgan fingerprint density at radius 1 is 1.44 bits per heavy atom. The van der Waals surface area contributed by atoms with Crippen LogP contribution in [0.4, 0.5) is 0 Å². The molecule has 0 amide bonds. The molecule has 1 fully saturated rings. The molecular formula is C12H19N3O2S. The maximum Gasteiger partial charge on any atom is 0.330 e. The first-order valence-corrected chi connectivity index (χ1v) is 7.31. The van der Waals surface area contributed by atoms with E-state index in [0.717, 1.165) is 10.3 Å². The van der Waals surface area contributed by atoms with Gasteiger partial charge in [-0.2, -0.15) is 11.8 Å². The van der Waals surface area contributed by atoms with Crippen molar-refractivity contribution in [1.29, 1.82) is 0 Å². The lowest BCUT2D eigenvalue weighted by Gasteiger charge is -2.22. The highest BCUT2D eigenvalue weighted by atomic mass is 32.2. The Labute approximate surface area is 110 Å². The lowest BCUT2D eigenvalue weighted by Crippen LogP contribution is -2.41. The Morgan fingerprint density at radius 2 is 2.22 bits per heavy atom. The van der Waals surface area contributed by atoms with E-state index in [9.17, 15) is 9.59 Å². The summed E-state index contributed by atoms with van der Waals surface area (Å²) in [6, 6.07) is 0.477. The Kier molecular flexibility index (Phi) is 4.29. The summed E-state index contributed by atoms with van der Waals surface area (Å²) >= 11 is 1.95. The minimum absolute atomic E-state index is 0.200. The molecule has 0 aromatic carbocycles. The van der Waals surface area contributed by atoms with Gasteiger partial charge in [-0.3, -0.25) is 9.36 Å². The van der Waals surface area contributed by atoms with Crippen molar-refractivity contribution in [2.75, 3.05) is 11.5 Å². The normalized spacial score (nSPS) is 20.0. The van der Waals surface area contributed by atoms with Crippen LogP contribution in [-0.4, -0.2) is 26.7 Å². The second kappa shape index (κ2) is 5.75. The molecule has 1 unspecified atom stereocenters. The molecule has 18 heavy (non-hydrogen) atoms. The molecule has 1 aromatic rings.